The molecule has 2 heteroatoms. The van der Waals surface area contributed by atoms with Crippen LogP contribution in [0.2, 0.25) is 0 Å². The molecule has 0 unspecified atom stereocenters. The van der Waals surface area contributed by atoms with Crippen molar-refractivity contribution in [1.82, 2.24) is 0 Å². The molecule has 1 aliphatic heterocycles. The molecule has 0 aromatic heterocycles. The molecule has 1 aromatic rings. The summed E-state index contributed by atoms with van der Waals surface area (Å²) in [7, 11) is 0. The monoisotopic (exact) mass is 177 g/mol. The Morgan fingerprint density at radius 2 is 2.15 bits per heavy atom. The van der Waals surface area contributed by atoms with Crippen LogP contribution in [0.25, 0.3) is 0 Å². The lowest BCUT2D eigenvalue weighted by Crippen LogP contribution is -2.36. The van der Waals surface area contributed by atoms with Crippen LogP contribution in [0.5, 0.6) is 0 Å². The minimum absolute atomic E-state index is 0.145. The summed E-state index contributed by atoms with van der Waals surface area (Å²) in [5, 5.41) is 9.01. The van der Waals surface area contributed by atoms with E-state index >= 15 is 0 Å². The predicted octanol–water partition coefficient (Wildman–Crippen LogP) is 1.70. The summed E-state index contributed by atoms with van der Waals surface area (Å²) in [6.07, 6.45) is 1.31. The minimum atomic E-state index is 0.145. The van der Waals surface area contributed by atoms with Gasteiger partial charge in [0.05, 0.1) is 6.61 Å². The molecule has 1 aliphatic rings. The van der Waals surface area contributed by atoms with Crippen molar-refractivity contribution in [2.24, 2.45) is 0 Å². The first-order valence-corrected chi connectivity index (χ1v) is 4.76. The van der Waals surface area contributed by atoms with Gasteiger partial charge in [-0.3, -0.25) is 0 Å². The number of nitrogens with zero attached hydrogens (tertiary/aromatic N) is 1. The standard InChI is InChI=1S/C11H15NO/c1-9-7-11(12-5-2-6-12)4-3-10(9)8-13/h3-4,7,13H,2,5-6,8H2,1H3. The number of anilines is 1. The van der Waals surface area contributed by atoms with Crippen LogP contribution in [0.3, 0.4) is 0 Å². The number of rotatable bonds is 2. The van der Waals surface area contributed by atoms with E-state index < -0.39 is 0 Å². The lowest BCUT2D eigenvalue weighted by atomic mass is 10.1. The van der Waals surface area contributed by atoms with E-state index in [0.717, 1.165) is 5.56 Å². The molecule has 0 bridgehead atoms. The maximum Gasteiger partial charge on any atom is 0.0684 e. The molecule has 70 valence electrons. The summed E-state index contributed by atoms with van der Waals surface area (Å²) < 4.78 is 0. The molecule has 0 amide bonds. The molecule has 0 spiro atoms. The summed E-state index contributed by atoms with van der Waals surface area (Å²) in [6, 6.07) is 6.27. The fourth-order valence-electron chi connectivity index (χ4n) is 1.63. The van der Waals surface area contributed by atoms with Crippen molar-refractivity contribution in [3.8, 4) is 0 Å². The largest absolute Gasteiger partial charge is 0.392 e. The van der Waals surface area contributed by atoms with E-state index in [9.17, 15) is 0 Å². The number of aliphatic hydroxyl groups excluding tert-OH is 1. The van der Waals surface area contributed by atoms with Gasteiger partial charge in [0.2, 0.25) is 0 Å². The second-order valence-corrected chi connectivity index (χ2v) is 3.61. The molecule has 0 saturated carbocycles. The van der Waals surface area contributed by atoms with Gasteiger partial charge < -0.3 is 10.0 Å². The molecule has 2 rings (SSSR count). The average molecular weight is 177 g/mol. The number of hydrogen-bond acceptors (Lipinski definition) is 2. The Bertz CT molecular complexity index is 305. The van der Waals surface area contributed by atoms with E-state index in [0.29, 0.717) is 0 Å². The quantitative estimate of drug-likeness (QED) is 0.743. The first-order valence-electron chi connectivity index (χ1n) is 4.76. The van der Waals surface area contributed by atoms with Crippen molar-refractivity contribution in [2.45, 2.75) is 20.0 Å². The Kier molecular flexibility index (Phi) is 2.23. The molecule has 1 fully saturated rings. The predicted molar refractivity (Wildman–Crippen MR) is 53.9 cm³/mol. The van der Waals surface area contributed by atoms with Gasteiger partial charge in [0.15, 0.2) is 0 Å². The van der Waals surface area contributed by atoms with Gasteiger partial charge in [0.25, 0.3) is 0 Å². The summed E-state index contributed by atoms with van der Waals surface area (Å²) in [5.74, 6) is 0. The highest BCUT2D eigenvalue weighted by atomic mass is 16.3. The van der Waals surface area contributed by atoms with Crippen LogP contribution in [0.4, 0.5) is 5.69 Å². The topological polar surface area (TPSA) is 23.5 Å². The lowest BCUT2D eigenvalue weighted by Gasteiger charge is -2.33. The van der Waals surface area contributed by atoms with Gasteiger partial charge in [-0.25, -0.2) is 0 Å². The molecule has 1 saturated heterocycles. The van der Waals surface area contributed by atoms with Crippen LogP contribution in [-0.4, -0.2) is 18.2 Å². The molecule has 1 aromatic carbocycles. The number of aliphatic hydroxyl groups is 1. The zero-order valence-electron chi connectivity index (χ0n) is 7.95. The van der Waals surface area contributed by atoms with E-state index in [4.69, 9.17) is 5.11 Å². The van der Waals surface area contributed by atoms with Crippen molar-refractivity contribution in [1.29, 1.82) is 0 Å². The van der Waals surface area contributed by atoms with Gasteiger partial charge in [0.1, 0.15) is 0 Å². The number of aryl methyl sites for hydroxylation is 1. The Morgan fingerprint density at radius 3 is 2.62 bits per heavy atom. The van der Waals surface area contributed by atoms with Crippen LogP contribution in [0, 0.1) is 6.92 Å². The highest BCUT2D eigenvalue weighted by Gasteiger charge is 2.14. The third kappa shape index (κ3) is 1.54. The normalized spacial score (nSPS) is 15.7. The van der Waals surface area contributed by atoms with Gasteiger partial charge in [-0.05, 0) is 36.6 Å². The highest BCUT2D eigenvalue weighted by molar-refractivity contribution is 5.52. The maximum atomic E-state index is 9.01. The fraction of sp³-hybridized carbons (Fsp3) is 0.455. The van der Waals surface area contributed by atoms with Crippen LogP contribution < -0.4 is 4.90 Å². The van der Waals surface area contributed by atoms with Crippen LogP contribution >= 0.6 is 0 Å². The van der Waals surface area contributed by atoms with E-state index in [2.05, 4.69) is 24.0 Å². The molecule has 13 heavy (non-hydrogen) atoms. The van der Waals surface area contributed by atoms with Gasteiger partial charge in [-0.15, -0.1) is 0 Å². The Labute approximate surface area is 78.8 Å². The van der Waals surface area contributed by atoms with E-state index in [1.807, 2.05) is 6.07 Å². The molecule has 0 radical (unpaired) electrons. The lowest BCUT2D eigenvalue weighted by molar-refractivity contribution is 0.281. The minimum Gasteiger partial charge on any atom is -0.392 e. The summed E-state index contributed by atoms with van der Waals surface area (Å²) >= 11 is 0. The van der Waals surface area contributed by atoms with Crippen LogP contribution in [0.1, 0.15) is 17.5 Å². The molecule has 2 nitrogen and oxygen atoms in total. The van der Waals surface area contributed by atoms with E-state index in [1.165, 1.54) is 30.8 Å². The second-order valence-electron chi connectivity index (χ2n) is 3.61. The van der Waals surface area contributed by atoms with Crippen LogP contribution in [0.15, 0.2) is 18.2 Å². The molecule has 1 heterocycles. The third-order valence-corrected chi connectivity index (χ3v) is 2.72. The van der Waals surface area contributed by atoms with Crippen molar-refractivity contribution in [3.63, 3.8) is 0 Å². The van der Waals surface area contributed by atoms with Gasteiger partial charge in [0, 0.05) is 18.8 Å². The molecule has 0 aliphatic carbocycles. The average Bonchev–Trinajstić information content (AvgIpc) is 2.01. The number of hydrogen-bond donors (Lipinski definition) is 1. The first kappa shape index (κ1) is 8.57. The Hall–Kier alpha value is -1.02. The van der Waals surface area contributed by atoms with Crippen molar-refractivity contribution < 1.29 is 5.11 Å². The van der Waals surface area contributed by atoms with Crippen molar-refractivity contribution in [2.75, 3.05) is 18.0 Å². The summed E-state index contributed by atoms with van der Waals surface area (Å²) in [6.45, 7) is 4.55. The van der Waals surface area contributed by atoms with E-state index in [1.54, 1.807) is 0 Å². The second kappa shape index (κ2) is 3.38. The van der Waals surface area contributed by atoms with Gasteiger partial charge >= 0.3 is 0 Å². The van der Waals surface area contributed by atoms with Gasteiger partial charge in [-0.1, -0.05) is 6.07 Å². The first-order chi connectivity index (χ1) is 6.31. The third-order valence-electron chi connectivity index (χ3n) is 2.72. The summed E-state index contributed by atoms with van der Waals surface area (Å²) in [4.78, 5) is 2.36. The van der Waals surface area contributed by atoms with E-state index in [-0.39, 0.29) is 6.61 Å². The molecular formula is C11H15NO. The van der Waals surface area contributed by atoms with Crippen molar-refractivity contribution in [3.05, 3.63) is 29.3 Å². The maximum absolute atomic E-state index is 9.01. The van der Waals surface area contributed by atoms with Crippen molar-refractivity contribution >= 4 is 5.69 Å². The molecule has 0 atom stereocenters. The fourth-order valence-corrected chi connectivity index (χ4v) is 1.63. The smallest absolute Gasteiger partial charge is 0.0684 e. The molecular weight excluding hydrogens is 162 g/mol. The van der Waals surface area contributed by atoms with Crippen LogP contribution in [-0.2, 0) is 6.61 Å². The zero-order valence-corrected chi connectivity index (χ0v) is 7.95. The Morgan fingerprint density at radius 1 is 1.38 bits per heavy atom. The zero-order chi connectivity index (χ0) is 9.26. The number of benzene rings is 1. The Balaban J connectivity index is 2.24. The molecule has 1 N–H and O–H groups in total. The summed E-state index contributed by atoms with van der Waals surface area (Å²) in [5.41, 5.74) is 3.51. The highest BCUT2D eigenvalue weighted by Crippen LogP contribution is 2.23. The van der Waals surface area contributed by atoms with Gasteiger partial charge in [-0.2, -0.15) is 0 Å². The SMILES string of the molecule is Cc1cc(N2CCC2)ccc1CO.